The van der Waals surface area contributed by atoms with Crippen molar-refractivity contribution in [1.82, 2.24) is 5.32 Å². The molecule has 0 fully saturated rings. The van der Waals surface area contributed by atoms with Crippen LogP contribution in [0.1, 0.15) is 32.8 Å². The third kappa shape index (κ3) is 6.02. The van der Waals surface area contributed by atoms with Gasteiger partial charge in [0.2, 0.25) is 0 Å². The van der Waals surface area contributed by atoms with E-state index in [-0.39, 0.29) is 23.6 Å². The van der Waals surface area contributed by atoms with Crippen molar-refractivity contribution in [2.24, 2.45) is 5.73 Å². The lowest BCUT2D eigenvalue weighted by molar-refractivity contribution is -0.117. The van der Waals surface area contributed by atoms with Gasteiger partial charge in [-0.3, -0.25) is 4.79 Å². The molecule has 0 bridgehead atoms. The first-order valence-electron chi connectivity index (χ1n) is 7.83. The number of carbonyl (C=O) groups is 1. The Morgan fingerprint density at radius 3 is 2.75 bits per heavy atom. The number of hydrogen-bond donors (Lipinski definition) is 2. The van der Waals surface area contributed by atoms with E-state index in [1.807, 2.05) is 6.92 Å². The number of hydrogen-bond acceptors (Lipinski definition) is 3. The summed E-state index contributed by atoms with van der Waals surface area (Å²) >= 11 is 0. The quantitative estimate of drug-likeness (QED) is 0.564. The summed E-state index contributed by atoms with van der Waals surface area (Å²) in [6.07, 6.45) is 2.12. The largest absolute Gasteiger partial charge is 0.491 e. The predicted octanol–water partition coefficient (Wildman–Crippen LogP) is 3.38. The Hall–Kier alpha value is -2.37. The van der Waals surface area contributed by atoms with Crippen LogP contribution in [-0.4, -0.2) is 18.7 Å². The molecule has 0 heterocycles. The lowest BCUT2D eigenvalue weighted by Crippen LogP contribution is -2.26. The molecule has 132 valence electrons. The topological polar surface area (TPSA) is 64.3 Å². The van der Waals surface area contributed by atoms with Crippen LogP contribution in [0, 0.1) is 5.82 Å². The van der Waals surface area contributed by atoms with Crippen LogP contribution in [0.3, 0.4) is 0 Å². The number of amides is 1. The molecule has 6 heteroatoms. The second-order valence-electron chi connectivity index (χ2n) is 5.39. The van der Waals surface area contributed by atoms with Crippen molar-refractivity contribution < 1.29 is 18.3 Å². The fourth-order valence-corrected chi connectivity index (χ4v) is 1.90. The molecule has 4 nitrogen and oxygen atoms in total. The van der Waals surface area contributed by atoms with Crippen LogP contribution in [-0.2, 0) is 11.3 Å². The molecule has 1 unspecified atom stereocenters. The molecule has 1 atom stereocenters. The molecule has 24 heavy (non-hydrogen) atoms. The van der Waals surface area contributed by atoms with Crippen LogP contribution in [0.5, 0.6) is 5.75 Å². The second-order valence-corrected chi connectivity index (χ2v) is 5.39. The van der Waals surface area contributed by atoms with Gasteiger partial charge in [-0.15, -0.1) is 0 Å². The zero-order valence-electron chi connectivity index (χ0n) is 14.2. The number of rotatable bonds is 8. The first-order chi connectivity index (χ1) is 11.4. The van der Waals surface area contributed by atoms with Gasteiger partial charge in [0.25, 0.3) is 5.91 Å². The Balaban J connectivity index is 2.81. The maximum atomic E-state index is 14.3. The number of alkyl halides is 1. The number of benzene rings is 1. The van der Waals surface area contributed by atoms with Crippen LogP contribution < -0.4 is 15.8 Å². The maximum Gasteiger partial charge on any atom is 0.253 e. The molecule has 1 rings (SSSR count). The fourth-order valence-electron chi connectivity index (χ4n) is 1.90. The standard InChI is InChI=1S/C18H24F2N2O2/c1-4-10-24-16-7-5-6-14(17(16)20)11-22-18(23)15(13(3)21)9-8-12(2)19/h5-9,12H,4,10-11,21H2,1-3H3,(H,22,23)/b9-8-,15-13-. The van der Waals surface area contributed by atoms with Gasteiger partial charge in [-0.25, -0.2) is 8.78 Å². The number of nitrogens with one attached hydrogen (secondary N) is 1. The second kappa shape index (κ2) is 9.70. The maximum absolute atomic E-state index is 14.3. The molecule has 1 aromatic carbocycles. The molecule has 0 aliphatic rings. The monoisotopic (exact) mass is 338 g/mol. The van der Waals surface area contributed by atoms with E-state index in [1.165, 1.54) is 25.1 Å². The van der Waals surface area contributed by atoms with Gasteiger partial charge in [-0.2, -0.15) is 0 Å². The summed E-state index contributed by atoms with van der Waals surface area (Å²) in [4.78, 5) is 12.2. The van der Waals surface area contributed by atoms with Crippen molar-refractivity contribution >= 4 is 5.91 Å². The number of nitrogens with two attached hydrogens (primary N) is 1. The summed E-state index contributed by atoms with van der Waals surface area (Å²) in [5.74, 6) is -0.846. The van der Waals surface area contributed by atoms with Crippen molar-refractivity contribution in [1.29, 1.82) is 0 Å². The third-order valence-electron chi connectivity index (χ3n) is 3.14. The van der Waals surface area contributed by atoms with Crippen LogP contribution >= 0.6 is 0 Å². The molecule has 0 aliphatic heterocycles. The summed E-state index contributed by atoms with van der Waals surface area (Å²) in [7, 11) is 0. The summed E-state index contributed by atoms with van der Waals surface area (Å²) in [5.41, 5.74) is 6.36. The molecule has 0 aliphatic carbocycles. The van der Waals surface area contributed by atoms with E-state index in [4.69, 9.17) is 10.5 Å². The zero-order valence-corrected chi connectivity index (χ0v) is 14.2. The van der Waals surface area contributed by atoms with Crippen molar-refractivity contribution in [3.05, 3.63) is 53.0 Å². The van der Waals surface area contributed by atoms with Crippen LogP contribution in [0.25, 0.3) is 0 Å². The minimum atomic E-state index is -1.20. The van der Waals surface area contributed by atoms with E-state index in [2.05, 4.69) is 5.32 Å². The Labute approximate surface area is 141 Å². The highest BCUT2D eigenvalue weighted by atomic mass is 19.1. The molecule has 1 amide bonds. The van der Waals surface area contributed by atoms with E-state index in [1.54, 1.807) is 19.1 Å². The summed E-state index contributed by atoms with van der Waals surface area (Å²) < 4.78 is 32.5. The van der Waals surface area contributed by atoms with Gasteiger partial charge in [0.05, 0.1) is 12.2 Å². The van der Waals surface area contributed by atoms with Crippen molar-refractivity contribution in [2.75, 3.05) is 6.61 Å². The van der Waals surface area contributed by atoms with E-state index < -0.39 is 17.9 Å². The van der Waals surface area contributed by atoms with E-state index >= 15 is 0 Å². The van der Waals surface area contributed by atoms with Crippen molar-refractivity contribution in [3.63, 3.8) is 0 Å². The van der Waals surface area contributed by atoms with Crippen molar-refractivity contribution in [2.45, 2.75) is 39.9 Å². The Morgan fingerprint density at radius 1 is 1.46 bits per heavy atom. The van der Waals surface area contributed by atoms with Crippen LogP contribution in [0.4, 0.5) is 8.78 Å². The third-order valence-corrected chi connectivity index (χ3v) is 3.14. The molecule has 0 aromatic heterocycles. The highest BCUT2D eigenvalue weighted by molar-refractivity contribution is 5.96. The SMILES string of the molecule is CCCOc1cccc(CNC(=O)C(/C=C\C(C)F)=C(/C)N)c1F. The smallest absolute Gasteiger partial charge is 0.253 e. The molecule has 0 spiro atoms. The highest BCUT2D eigenvalue weighted by Crippen LogP contribution is 2.20. The zero-order chi connectivity index (χ0) is 18.1. The average Bonchev–Trinajstić information content (AvgIpc) is 2.52. The van der Waals surface area contributed by atoms with Gasteiger partial charge in [0, 0.05) is 17.8 Å². The minimum Gasteiger partial charge on any atom is -0.491 e. The lowest BCUT2D eigenvalue weighted by atomic mass is 10.1. The predicted molar refractivity (Wildman–Crippen MR) is 90.6 cm³/mol. The first kappa shape index (κ1) is 19.7. The van der Waals surface area contributed by atoms with Gasteiger partial charge in [0.15, 0.2) is 11.6 Å². The number of halogens is 2. The van der Waals surface area contributed by atoms with Crippen LogP contribution in [0.2, 0.25) is 0 Å². The lowest BCUT2D eigenvalue weighted by Gasteiger charge is -2.11. The van der Waals surface area contributed by atoms with E-state index in [0.717, 1.165) is 6.42 Å². The Morgan fingerprint density at radius 2 is 2.17 bits per heavy atom. The average molecular weight is 338 g/mol. The molecule has 3 N–H and O–H groups in total. The molecule has 0 radical (unpaired) electrons. The Bertz CT molecular complexity index is 621. The van der Waals surface area contributed by atoms with Gasteiger partial charge < -0.3 is 15.8 Å². The fraction of sp³-hybridized carbons (Fsp3) is 0.389. The van der Waals surface area contributed by atoms with Gasteiger partial charge >= 0.3 is 0 Å². The number of ether oxygens (including phenoxy) is 1. The molecule has 0 saturated heterocycles. The molecule has 1 aromatic rings. The van der Waals surface area contributed by atoms with Gasteiger partial charge in [-0.1, -0.05) is 25.1 Å². The normalized spacial score (nSPS) is 13.5. The number of allylic oxidation sites excluding steroid dienone is 2. The summed E-state index contributed by atoms with van der Waals surface area (Å²) in [6.45, 7) is 5.20. The van der Waals surface area contributed by atoms with Crippen LogP contribution in [0.15, 0.2) is 41.6 Å². The molecule has 0 saturated carbocycles. The van der Waals surface area contributed by atoms with Crippen molar-refractivity contribution in [3.8, 4) is 5.75 Å². The summed E-state index contributed by atoms with van der Waals surface area (Å²) in [5, 5.41) is 2.58. The molecular formula is C18H24F2N2O2. The van der Waals surface area contributed by atoms with Gasteiger partial charge in [-0.05, 0) is 32.4 Å². The first-order valence-corrected chi connectivity index (χ1v) is 7.83. The highest BCUT2D eigenvalue weighted by Gasteiger charge is 2.13. The number of carbonyl (C=O) groups excluding carboxylic acids is 1. The van der Waals surface area contributed by atoms with E-state index in [0.29, 0.717) is 12.2 Å². The summed E-state index contributed by atoms with van der Waals surface area (Å²) in [6, 6.07) is 4.76. The Kier molecular flexibility index (Phi) is 7.95. The minimum absolute atomic E-state index is 0.0240. The van der Waals surface area contributed by atoms with E-state index in [9.17, 15) is 13.6 Å². The van der Waals surface area contributed by atoms with Gasteiger partial charge in [0.1, 0.15) is 6.17 Å². The molecular weight excluding hydrogens is 314 g/mol.